The Hall–Kier alpha value is -1.60. The predicted octanol–water partition coefficient (Wildman–Crippen LogP) is -0.829. The summed E-state index contributed by atoms with van der Waals surface area (Å²) in [5.41, 5.74) is 0.168. The van der Waals surface area contributed by atoms with Crippen LogP contribution in [0.3, 0.4) is 0 Å². The van der Waals surface area contributed by atoms with Crippen LogP contribution in [0.4, 0.5) is 0 Å². The molecule has 1 amide bonds. The van der Waals surface area contributed by atoms with E-state index in [-0.39, 0.29) is 9.62 Å². The fourth-order valence-electron chi connectivity index (χ4n) is 0.689. The fourth-order valence-corrected chi connectivity index (χ4v) is 0.930. The van der Waals surface area contributed by atoms with Gasteiger partial charge >= 0.3 is 16.4 Å². The summed E-state index contributed by atoms with van der Waals surface area (Å²) in [6.07, 6.45) is 2.74. The highest BCUT2D eigenvalue weighted by Crippen LogP contribution is 1.96. The van der Waals surface area contributed by atoms with Crippen molar-refractivity contribution in [2.45, 2.75) is 0 Å². The van der Waals surface area contributed by atoms with Gasteiger partial charge < -0.3 is 0 Å². The van der Waals surface area contributed by atoms with E-state index in [0.29, 0.717) is 0 Å². The Balaban J connectivity index is 3.15. The number of hydrogen-bond donors (Lipinski definition) is 1. The first-order chi connectivity index (χ1) is 6.13. The normalized spacial score (nSPS) is 9.31. The van der Waals surface area contributed by atoms with Crippen LogP contribution in [-0.4, -0.2) is 23.4 Å². The molecule has 0 aliphatic heterocycles. The number of hydrogen-bond acceptors (Lipinski definition) is 4. The van der Waals surface area contributed by atoms with E-state index in [1.54, 1.807) is 0 Å². The molecule has 6 nitrogen and oxygen atoms in total. The number of carbonyl (C=O) groups is 1. The average molecular weight is 200 g/mol. The average Bonchev–Trinajstić information content (AvgIpc) is 2.17. The van der Waals surface area contributed by atoms with Gasteiger partial charge in [0, 0.05) is 12.4 Å². The number of hydrazine groups is 1. The Morgan fingerprint density at radius 1 is 1.38 bits per heavy atom. The molecule has 2 N–H and O–H groups in total. The highest BCUT2D eigenvalue weighted by Gasteiger charge is 2.19. The van der Waals surface area contributed by atoms with E-state index < -0.39 is 16.4 Å². The summed E-state index contributed by atoms with van der Waals surface area (Å²) in [5.74, 6) is 4.15. The van der Waals surface area contributed by atoms with Crippen molar-refractivity contribution >= 4 is 16.4 Å². The van der Waals surface area contributed by atoms with E-state index >= 15 is 0 Å². The van der Waals surface area contributed by atoms with Crippen LogP contribution in [0.5, 0.6) is 0 Å². The molecule has 7 heteroatoms. The fraction of sp³-hybridized carbons (Fsp3) is 0. The van der Waals surface area contributed by atoms with E-state index in [0.717, 1.165) is 0 Å². The van der Waals surface area contributed by atoms with Gasteiger partial charge in [0.2, 0.25) is 0 Å². The van der Waals surface area contributed by atoms with Gasteiger partial charge in [-0.2, -0.15) is 0 Å². The lowest BCUT2D eigenvalue weighted by Crippen LogP contribution is -2.26. The van der Waals surface area contributed by atoms with Crippen molar-refractivity contribution < 1.29 is 17.3 Å². The molecule has 1 aromatic heterocycles. The third-order valence-electron chi connectivity index (χ3n) is 1.29. The molecule has 0 aliphatic rings. The second-order valence-electron chi connectivity index (χ2n) is 2.08. The second kappa shape index (κ2) is 3.87. The van der Waals surface area contributed by atoms with Crippen LogP contribution in [0, 0.1) is 0 Å². The van der Waals surface area contributed by atoms with Crippen molar-refractivity contribution in [3.05, 3.63) is 30.1 Å². The SMILES string of the molecule is N[N+](C(=O)c1ccncc1)=S(=O)=O. The van der Waals surface area contributed by atoms with Crippen LogP contribution in [0.15, 0.2) is 24.5 Å². The molecule has 0 unspecified atom stereocenters. The predicted molar refractivity (Wildman–Crippen MR) is 41.9 cm³/mol. The minimum absolute atomic E-state index is 0.120. The summed E-state index contributed by atoms with van der Waals surface area (Å²) in [6, 6.07) is 2.74. The maximum absolute atomic E-state index is 11.2. The number of nitrogens with two attached hydrogens (primary N) is 1. The summed E-state index contributed by atoms with van der Waals surface area (Å²) in [4.78, 5) is 14.8. The molecule has 0 fully saturated rings. The molecule has 0 saturated carbocycles. The molecule has 1 aromatic rings. The molecule has 1 rings (SSSR count). The molecule has 0 aliphatic carbocycles. The van der Waals surface area contributed by atoms with Crippen molar-refractivity contribution in [3.8, 4) is 0 Å². The first-order valence-electron chi connectivity index (χ1n) is 3.21. The number of nitrogens with zero attached hydrogens (tertiary/aromatic N) is 2. The first kappa shape index (κ1) is 9.49. The Labute approximate surface area is 75.3 Å². The molecule has 0 aromatic carbocycles. The van der Waals surface area contributed by atoms with Gasteiger partial charge in [-0.3, -0.25) is 4.98 Å². The Kier molecular flexibility index (Phi) is 2.83. The molecular weight excluding hydrogens is 194 g/mol. The molecule has 13 heavy (non-hydrogen) atoms. The zero-order valence-electron chi connectivity index (χ0n) is 6.41. The summed E-state index contributed by atoms with van der Waals surface area (Å²) in [7, 11) is -2.75. The summed E-state index contributed by atoms with van der Waals surface area (Å²) < 4.78 is 20.7. The molecular formula is C6H6N3O3S+. The third-order valence-corrected chi connectivity index (χ3v) is 1.78. The van der Waals surface area contributed by atoms with E-state index in [4.69, 9.17) is 5.84 Å². The largest absolute Gasteiger partial charge is 0.492 e. The Bertz CT molecular complexity index is 443. The highest BCUT2D eigenvalue weighted by atomic mass is 32.2. The van der Waals surface area contributed by atoms with Gasteiger partial charge in [-0.1, -0.05) is 5.84 Å². The maximum atomic E-state index is 11.2. The number of pyridine rings is 1. The van der Waals surface area contributed by atoms with Gasteiger partial charge in [0.1, 0.15) is 0 Å². The van der Waals surface area contributed by atoms with E-state index in [2.05, 4.69) is 4.98 Å². The van der Waals surface area contributed by atoms with E-state index in [9.17, 15) is 13.2 Å². The molecule has 0 radical (unpaired) electrons. The van der Waals surface area contributed by atoms with Crippen LogP contribution in [0.25, 0.3) is 0 Å². The number of amides is 1. The third kappa shape index (κ3) is 2.17. The van der Waals surface area contributed by atoms with Crippen LogP contribution < -0.4 is 5.84 Å². The molecule has 0 atom stereocenters. The van der Waals surface area contributed by atoms with Gasteiger partial charge in [0.15, 0.2) is 0 Å². The molecule has 68 valence electrons. The van der Waals surface area contributed by atoms with Gasteiger partial charge in [-0.15, -0.1) is 8.42 Å². The van der Waals surface area contributed by atoms with Crippen LogP contribution in [0.1, 0.15) is 10.4 Å². The van der Waals surface area contributed by atoms with E-state index in [1.807, 2.05) is 0 Å². The van der Waals surface area contributed by atoms with Gasteiger partial charge in [-0.25, -0.2) is 4.79 Å². The van der Waals surface area contributed by atoms with Crippen LogP contribution >= 0.6 is 0 Å². The van der Waals surface area contributed by atoms with Crippen molar-refractivity contribution in [1.29, 1.82) is 0 Å². The van der Waals surface area contributed by atoms with Crippen LogP contribution in [0.2, 0.25) is 0 Å². The first-order valence-corrected chi connectivity index (χ1v) is 4.24. The lowest BCUT2D eigenvalue weighted by molar-refractivity contribution is -0.414. The monoisotopic (exact) mass is 200 g/mol. The molecule has 0 spiro atoms. The quantitative estimate of drug-likeness (QED) is 0.276. The van der Waals surface area contributed by atoms with Gasteiger partial charge in [-0.05, 0) is 12.1 Å². The van der Waals surface area contributed by atoms with Crippen LogP contribution in [-0.2, 0) is 10.5 Å². The van der Waals surface area contributed by atoms with Crippen molar-refractivity contribution in [2.75, 3.05) is 0 Å². The zero-order valence-corrected chi connectivity index (χ0v) is 7.23. The maximum Gasteiger partial charge on any atom is 0.492 e. The van der Waals surface area contributed by atoms with E-state index in [1.165, 1.54) is 24.5 Å². The second-order valence-corrected chi connectivity index (χ2v) is 2.91. The number of carbonyl (C=O) groups excluding carboxylic acids is 1. The lowest BCUT2D eigenvalue weighted by atomic mass is 10.3. The van der Waals surface area contributed by atoms with Crippen molar-refractivity contribution in [1.82, 2.24) is 4.98 Å². The lowest BCUT2D eigenvalue weighted by Gasteiger charge is -1.88. The van der Waals surface area contributed by atoms with Gasteiger partial charge in [0.25, 0.3) is 0 Å². The molecule has 0 bridgehead atoms. The van der Waals surface area contributed by atoms with Crippen molar-refractivity contribution in [2.24, 2.45) is 5.84 Å². The summed E-state index contributed by atoms with van der Waals surface area (Å²) in [5, 5.41) is 0. The smallest absolute Gasteiger partial charge is 0.265 e. The summed E-state index contributed by atoms with van der Waals surface area (Å²) in [6.45, 7) is 0. The zero-order chi connectivity index (χ0) is 9.84. The highest BCUT2D eigenvalue weighted by molar-refractivity contribution is 7.59. The summed E-state index contributed by atoms with van der Waals surface area (Å²) >= 11 is 0. The Morgan fingerprint density at radius 3 is 2.38 bits per heavy atom. The number of aromatic nitrogens is 1. The minimum Gasteiger partial charge on any atom is -0.265 e. The topological polar surface area (TPSA) is 93.1 Å². The minimum atomic E-state index is -2.75. The van der Waals surface area contributed by atoms with Gasteiger partial charge in [0.05, 0.1) is 9.62 Å². The molecule has 0 saturated heterocycles. The number of rotatable bonds is 1. The van der Waals surface area contributed by atoms with Crippen molar-refractivity contribution in [3.63, 3.8) is 0 Å². The standard InChI is InChI=1S/C6H6N3O3S/c7-9(13(11)12)6(10)5-1-3-8-4-2-5/h1-4H,7H2/q+1. The Morgan fingerprint density at radius 2 is 1.92 bits per heavy atom. The molecule has 1 heterocycles.